The highest BCUT2D eigenvalue weighted by molar-refractivity contribution is 4.80. The van der Waals surface area contributed by atoms with Gasteiger partial charge in [0.1, 0.15) is 0 Å². The molecule has 0 aromatic carbocycles. The van der Waals surface area contributed by atoms with E-state index in [0.29, 0.717) is 13.1 Å². The van der Waals surface area contributed by atoms with Gasteiger partial charge in [0.05, 0.1) is 6.42 Å². The second kappa shape index (κ2) is 4.49. The number of alkyl halides is 3. The maximum Gasteiger partial charge on any atom is 0.390 e. The first-order valence-electron chi connectivity index (χ1n) is 4.84. The van der Waals surface area contributed by atoms with Gasteiger partial charge in [-0.3, -0.25) is 4.90 Å². The maximum atomic E-state index is 12.1. The molecule has 1 aliphatic heterocycles. The highest BCUT2D eigenvalue weighted by Gasteiger charge is 2.34. The zero-order valence-electron chi connectivity index (χ0n) is 8.22. The van der Waals surface area contributed by atoms with Crippen molar-refractivity contribution in [2.45, 2.75) is 32.0 Å². The van der Waals surface area contributed by atoms with Crippen LogP contribution in [0.2, 0.25) is 0 Å². The second-order valence-corrected chi connectivity index (χ2v) is 4.00. The molecular weight excluding hydrogens is 195 g/mol. The Hall–Kier alpha value is -0.290. The summed E-state index contributed by atoms with van der Waals surface area (Å²) in [5.74, 6) is 0.158. The number of rotatable bonds is 3. The predicted molar refractivity (Wildman–Crippen MR) is 46.9 cm³/mol. The quantitative estimate of drug-likeness (QED) is 0.767. The van der Waals surface area contributed by atoms with Gasteiger partial charge in [-0.15, -0.1) is 0 Å². The summed E-state index contributed by atoms with van der Waals surface area (Å²) in [5.41, 5.74) is 0. The number of nitrogens with zero attached hydrogens (tertiary/aromatic N) is 1. The molecule has 2 unspecified atom stereocenters. The van der Waals surface area contributed by atoms with Gasteiger partial charge in [0.25, 0.3) is 0 Å². The summed E-state index contributed by atoms with van der Waals surface area (Å²) in [4.78, 5) is 1.80. The van der Waals surface area contributed by atoms with E-state index in [1.807, 2.05) is 0 Å². The Balaban J connectivity index is 2.35. The van der Waals surface area contributed by atoms with Crippen LogP contribution in [-0.4, -0.2) is 41.9 Å². The van der Waals surface area contributed by atoms with Crippen molar-refractivity contribution in [1.82, 2.24) is 4.90 Å². The maximum absolute atomic E-state index is 12.1. The van der Waals surface area contributed by atoms with E-state index in [1.165, 1.54) is 0 Å². The van der Waals surface area contributed by atoms with Crippen LogP contribution < -0.4 is 0 Å². The fourth-order valence-corrected chi connectivity index (χ4v) is 1.88. The molecule has 1 N–H and O–H groups in total. The van der Waals surface area contributed by atoms with Crippen molar-refractivity contribution in [2.75, 3.05) is 19.7 Å². The van der Waals surface area contributed by atoms with Crippen LogP contribution in [0, 0.1) is 5.92 Å². The lowest BCUT2D eigenvalue weighted by molar-refractivity contribution is -0.145. The molecule has 1 aliphatic rings. The summed E-state index contributed by atoms with van der Waals surface area (Å²) >= 11 is 0. The summed E-state index contributed by atoms with van der Waals surface area (Å²) in [6.45, 7) is 2.93. The summed E-state index contributed by atoms with van der Waals surface area (Å²) in [5, 5.41) is 8.85. The Morgan fingerprint density at radius 3 is 2.57 bits per heavy atom. The summed E-state index contributed by atoms with van der Waals surface area (Å²) in [6.07, 6.45) is -4.04. The molecule has 1 rings (SSSR count). The van der Waals surface area contributed by atoms with Gasteiger partial charge in [0.2, 0.25) is 0 Å². The van der Waals surface area contributed by atoms with Gasteiger partial charge in [-0.2, -0.15) is 13.2 Å². The van der Waals surface area contributed by atoms with Crippen LogP contribution in [0.25, 0.3) is 0 Å². The summed E-state index contributed by atoms with van der Waals surface area (Å²) in [6, 6.07) is -0.466. The normalized spacial score (nSPS) is 26.8. The predicted octanol–water partition coefficient (Wildman–Crippen LogP) is 1.64. The molecule has 14 heavy (non-hydrogen) atoms. The number of aliphatic hydroxyl groups excluding tert-OH is 1. The van der Waals surface area contributed by atoms with E-state index < -0.39 is 18.6 Å². The minimum absolute atomic E-state index is 0.0786. The SMILES string of the molecule is CC(CC(F)(F)F)N1CCC(CO)C1. The van der Waals surface area contributed by atoms with Gasteiger partial charge in [0, 0.05) is 19.2 Å². The summed E-state index contributed by atoms with van der Waals surface area (Å²) < 4.78 is 36.2. The van der Waals surface area contributed by atoms with E-state index in [-0.39, 0.29) is 12.5 Å². The number of hydrogen-bond acceptors (Lipinski definition) is 2. The van der Waals surface area contributed by atoms with E-state index in [4.69, 9.17) is 5.11 Å². The fraction of sp³-hybridized carbons (Fsp3) is 1.00. The monoisotopic (exact) mass is 211 g/mol. The molecule has 0 radical (unpaired) electrons. The molecule has 84 valence electrons. The van der Waals surface area contributed by atoms with Crippen molar-refractivity contribution < 1.29 is 18.3 Å². The van der Waals surface area contributed by atoms with Gasteiger partial charge in [-0.25, -0.2) is 0 Å². The molecule has 2 nitrogen and oxygen atoms in total. The van der Waals surface area contributed by atoms with E-state index in [2.05, 4.69) is 0 Å². The first-order valence-corrected chi connectivity index (χ1v) is 4.84. The Kier molecular flexibility index (Phi) is 3.78. The van der Waals surface area contributed by atoms with Crippen molar-refractivity contribution >= 4 is 0 Å². The lowest BCUT2D eigenvalue weighted by Crippen LogP contribution is -2.35. The molecular formula is C9H16F3NO. The molecule has 0 bridgehead atoms. The van der Waals surface area contributed by atoms with Crippen LogP contribution in [0.5, 0.6) is 0 Å². The third-order valence-electron chi connectivity index (χ3n) is 2.73. The lowest BCUT2D eigenvalue weighted by atomic mass is 10.1. The molecule has 2 atom stereocenters. The fourth-order valence-electron chi connectivity index (χ4n) is 1.88. The highest BCUT2D eigenvalue weighted by atomic mass is 19.4. The van der Waals surface area contributed by atoms with Crippen LogP contribution in [0.3, 0.4) is 0 Å². The van der Waals surface area contributed by atoms with Crippen molar-refractivity contribution in [2.24, 2.45) is 5.92 Å². The molecule has 1 fully saturated rings. The van der Waals surface area contributed by atoms with E-state index in [1.54, 1.807) is 11.8 Å². The average Bonchev–Trinajstić information content (AvgIpc) is 2.48. The van der Waals surface area contributed by atoms with Crippen molar-refractivity contribution in [3.05, 3.63) is 0 Å². The molecule has 0 amide bonds. The third-order valence-corrected chi connectivity index (χ3v) is 2.73. The third kappa shape index (κ3) is 3.46. The van der Waals surface area contributed by atoms with Crippen LogP contribution in [0.1, 0.15) is 19.8 Å². The molecule has 0 aromatic heterocycles. The number of hydrogen-bond donors (Lipinski definition) is 1. The van der Waals surface area contributed by atoms with E-state index in [0.717, 1.165) is 6.42 Å². The Morgan fingerprint density at radius 2 is 2.14 bits per heavy atom. The number of likely N-dealkylation sites (tertiary alicyclic amines) is 1. The van der Waals surface area contributed by atoms with Crippen LogP contribution in [0.15, 0.2) is 0 Å². The largest absolute Gasteiger partial charge is 0.396 e. The van der Waals surface area contributed by atoms with Gasteiger partial charge in [-0.05, 0) is 25.8 Å². The Bertz CT molecular complexity index is 183. The van der Waals surface area contributed by atoms with Crippen molar-refractivity contribution in [1.29, 1.82) is 0 Å². The van der Waals surface area contributed by atoms with Gasteiger partial charge < -0.3 is 5.11 Å². The van der Waals surface area contributed by atoms with Crippen molar-refractivity contribution in [3.63, 3.8) is 0 Å². The number of aliphatic hydroxyl groups is 1. The first-order chi connectivity index (χ1) is 6.42. The minimum atomic E-state index is -4.09. The minimum Gasteiger partial charge on any atom is -0.396 e. The number of halogens is 3. The van der Waals surface area contributed by atoms with Crippen LogP contribution in [0.4, 0.5) is 13.2 Å². The molecule has 1 heterocycles. The zero-order chi connectivity index (χ0) is 10.8. The second-order valence-electron chi connectivity index (χ2n) is 4.00. The van der Waals surface area contributed by atoms with Gasteiger partial charge >= 0.3 is 6.18 Å². The smallest absolute Gasteiger partial charge is 0.390 e. The molecule has 1 saturated heterocycles. The summed E-state index contributed by atoms with van der Waals surface area (Å²) in [7, 11) is 0. The van der Waals surface area contributed by atoms with Crippen LogP contribution in [-0.2, 0) is 0 Å². The standard InChI is InChI=1S/C9H16F3NO/c1-7(4-9(10,11)12)13-3-2-8(5-13)6-14/h7-8,14H,2-6H2,1H3. The van der Waals surface area contributed by atoms with Gasteiger partial charge in [0.15, 0.2) is 0 Å². The van der Waals surface area contributed by atoms with E-state index >= 15 is 0 Å². The van der Waals surface area contributed by atoms with Gasteiger partial charge in [-0.1, -0.05) is 0 Å². The lowest BCUT2D eigenvalue weighted by Gasteiger charge is -2.25. The first kappa shape index (κ1) is 11.8. The topological polar surface area (TPSA) is 23.5 Å². The molecule has 0 spiro atoms. The van der Waals surface area contributed by atoms with Crippen LogP contribution >= 0.6 is 0 Å². The Labute approximate surface area is 81.7 Å². The molecule has 0 aromatic rings. The molecule has 0 saturated carbocycles. The average molecular weight is 211 g/mol. The van der Waals surface area contributed by atoms with E-state index in [9.17, 15) is 13.2 Å². The Morgan fingerprint density at radius 1 is 1.50 bits per heavy atom. The zero-order valence-corrected chi connectivity index (χ0v) is 8.22. The highest BCUT2D eigenvalue weighted by Crippen LogP contribution is 2.27. The molecule has 0 aliphatic carbocycles. The van der Waals surface area contributed by atoms with Crippen molar-refractivity contribution in [3.8, 4) is 0 Å². The molecule has 5 heteroatoms.